The number of benzene rings is 1. The Morgan fingerprint density at radius 3 is 2.58 bits per heavy atom. The molecule has 1 amide bonds. The maximum absolute atomic E-state index is 11.5. The van der Waals surface area contributed by atoms with E-state index in [1.165, 1.54) is 6.08 Å². The lowest BCUT2D eigenvalue weighted by Crippen LogP contribution is -2.25. The Kier molecular flexibility index (Phi) is 6.85. The number of aliphatic hydroxyl groups is 1. The second-order valence-corrected chi connectivity index (χ2v) is 4.68. The summed E-state index contributed by atoms with van der Waals surface area (Å²) in [4.78, 5) is 13.6. The number of amides is 1. The monoisotopic (exact) mass is 262 g/mol. The molecular formula is C15H22N2O2. The molecule has 0 saturated heterocycles. The summed E-state index contributed by atoms with van der Waals surface area (Å²) in [5.41, 5.74) is 1.81. The van der Waals surface area contributed by atoms with Crippen molar-refractivity contribution in [3.05, 3.63) is 41.5 Å². The number of nitrogens with zero attached hydrogens (tertiary/aromatic N) is 1. The highest BCUT2D eigenvalue weighted by atomic mass is 16.3. The van der Waals surface area contributed by atoms with Gasteiger partial charge in [0.2, 0.25) is 5.91 Å². The third-order valence-corrected chi connectivity index (χ3v) is 2.67. The lowest BCUT2D eigenvalue weighted by molar-refractivity contribution is -0.116. The standard InChI is InChI=1S/C15H22N2O2/c1-17(2)11-3-10-16-15(19)9-8-13-4-6-14(12-18)7-5-13/h4-9,18H,3,10-12H2,1-2H3,(H,16,19). The highest BCUT2D eigenvalue weighted by molar-refractivity contribution is 5.91. The summed E-state index contributed by atoms with van der Waals surface area (Å²) in [7, 11) is 4.02. The van der Waals surface area contributed by atoms with Gasteiger partial charge >= 0.3 is 0 Å². The van der Waals surface area contributed by atoms with E-state index in [-0.39, 0.29) is 12.5 Å². The fraction of sp³-hybridized carbons (Fsp3) is 0.400. The molecule has 1 aromatic carbocycles. The van der Waals surface area contributed by atoms with Crippen molar-refractivity contribution in [1.29, 1.82) is 0 Å². The van der Waals surface area contributed by atoms with Gasteiger partial charge in [-0.05, 0) is 44.3 Å². The van der Waals surface area contributed by atoms with Gasteiger partial charge in [-0.15, -0.1) is 0 Å². The van der Waals surface area contributed by atoms with Crippen LogP contribution >= 0.6 is 0 Å². The van der Waals surface area contributed by atoms with Crippen molar-refractivity contribution in [3.63, 3.8) is 0 Å². The molecule has 1 aromatic rings. The van der Waals surface area contributed by atoms with Crippen LogP contribution < -0.4 is 5.32 Å². The van der Waals surface area contributed by atoms with Crippen LogP contribution in [-0.4, -0.2) is 43.1 Å². The third kappa shape index (κ3) is 6.74. The maximum atomic E-state index is 11.5. The van der Waals surface area contributed by atoms with Gasteiger partial charge in [0.1, 0.15) is 0 Å². The Morgan fingerprint density at radius 2 is 2.00 bits per heavy atom. The molecule has 104 valence electrons. The number of hydrogen-bond donors (Lipinski definition) is 2. The maximum Gasteiger partial charge on any atom is 0.243 e. The van der Waals surface area contributed by atoms with Crippen molar-refractivity contribution in [3.8, 4) is 0 Å². The van der Waals surface area contributed by atoms with Gasteiger partial charge in [-0.3, -0.25) is 4.79 Å². The molecule has 1 rings (SSSR count). The molecule has 0 unspecified atom stereocenters. The average Bonchev–Trinajstić information content (AvgIpc) is 2.41. The van der Waals surface area contributed by atoms with Crippen LogP contribution in [0.3, 0.4) is 0 Å². The Labute approximate surface area is 114 Å². The minimum absolute atomic E-state index is 0.0381. The third-order valence-electron chi connectivity index (χ3n) is 2.67. The van der Waals surface area contributed by atoms with Gasteiger partial charge < -0.3 is 15.3 Å². The molecule has 19 heavy (non-hydrogen) atoms. The van der Waals surface area contributed by atoms with Gasteiger partial charge in [-0.2, -0.15) is 0 Å². The SMILES string of the molecule is CN(C)CCCNC(=O)C=Cc1ccc(CO)cc1. The van der Waals surface area contributed by atoms with Gasteiger partial charge in [0.05, 0.1) is 6.61 Å². The fourth-order valence-corrected chi connectivity index (χ4v) is 1.57. The highest BCUT2D eigenvalue weighted by Gasteiger charge is 1.96. The minimum Gasteiger partial charge on any atom is -0.392 e. The minimum atomic E-state index is -0.0787. The quantitative estimate of drug-likeness (QED) is 0.574. The highest BCUT2D eigenvalue weighted by Crippen LogP contribution is 2.05. The molecule has 0 aromatic heterocycles. The summed E-state index contributed by atoms with van der Waals surface area (Å²) in [6.07, 6.45) is 4.24. The van der Waals surface area contributed by atoms with E-state index in [2.05, 4.69) is 10.2 Å². The van der Waals surface area contributed by atoms with Crippen LogP contribution in [0.4, 0.5) is 0 Å². The van der Waals surface area contributed by atoms with Crippen molar-refractivity contribution >= 4 is 12.0 Å². The normalized spacial score (nSPS) is 11.2. The Bertz CT molecular complexity index is 411. The number of nitrogens with one attached hydrogen (secondary N) is 1. The van der Waals surface area contributed by atoms with Crippen LogP contribution in [-0.2, 0) is 11.4 Å². The molecule has 0 aliphatic carbocycles. The molecule has 2 N–H and O–H groups in total. The molecule has 4 heteroatoms. The number of aliphatic hydroxyl groups excluding tert-OH is 1. The van der Waals surface area contributed by atoms with Crippen molar-refractivity contribution in [2.75, 3.05) is 27.2 Å². The van der Waals surface area contributed by atoms with E-state index >= 15 is 0 Å². The first-order valence-corrected chi connectivity index (χ1v) is 6.42. The van der Waals surface area contributed by atoms with E-state index in [1.807, 2.05) is 38.4 Å². The molecule has 0 heterocycles. The van der Waals surface area contributed by atoms with Crippen LogP contribution in [0.2, 0.25) is 0 Å². The van der Waals surface area contributed by atoms with Gasteiger partial charge in [0.15, 0.2) is 0 Å². The van der Waals surface area contributed by atoms with Crippen LogP contribution in [0.5, 0.6) is 0 Å². The molecular weight excluding hydrogens is 240 g/mol. The molecule has 0 atom stereocenters. The van der Waals surface area contributed by atoms with Crippen molar-refractivity contribution in [2.45, 2.75) is 13.0 Å². The summed E-state index contributed by atoms with van der Waals surface area (Å²) in [6, 6.07) is 7.44. The largest absolute Gasteiger partial charge is 0.392 e. The van der Waals surface area contributed by atoms with Gasteiger partial charge in [-0.1, -0.05) is 24.3 Å². The summed E-state index contributed by atoms with van der Waals surface area (Å²) >= 11 is 0. The van der Waals surface area contributed by atoms with E-state index in [1.54, 1.807) is 6.08 Å². The van der Waals surface area contributed by atoms with E-state index in [9.17, 15) is 4.79 Å². The second-order valence-electron chi connectivity index (χ2n) is 4.68. The molecule has 0 saturated carbocycles. The molecule has 0 radical (unpaired) electrons. The van der Waals surface area contributed by atoms with E-state index < -0.39 is 0 Å². The number of hydrogen-bond acceptors (Lipinski definition) is 3. The van der Waals surface area contributed by atoms with Gasteiger partial charge in [-0.25, -0.2) is 0 Å². The van der Waals surface area contributed by atoms with E-state index in [4.69, 9.17) is 5.11 Å². The Hall–Kier alpha value is -1.65. The van der Waals surface area contributed by atoms with Crippen molar-refractivity contribution < 1.29 is 9.90 Å². The molecule has 0 bridgehead atoms. The molecule has 0 fully saturated rings. The lowest BCUT2D eigenvalue weighted by atomic mass is 10.1. The van der Waals surface area contributed by atoms with Crippen molar-refractivity contribution in [2.24, 2.45) is 0 Å². The zero-order valence-electron chi connectivity index (χ0n) is 11.6. The predicted molar refractivity (Wildman–Crippen MR) is 77.6 cm³/mol. The molecule has 0 spiro atoms. The molecule has 0 aliphatic heterocycles. The summed E-state index contributed by atoms with van der Waals surface area (Å²) < 4.78 is 0. The Balaban J connectivity index is 2.32. The van der Waals surface area contributed by atoms with Crippen LogP contribution in [0.1, 0.15) is 17.5 Å². The predicted octanol–water partition coefficient (Wildman–Crippen LogP) is 1.26. The summed E-state index contributed by atoms with van der Waals surface area (Å²) in [5, 5.41) is 11.8. The van der Waals surface area contributed by atoms with E-state index in [0.29, 0.717) is 6.54 Å². The number of carbonyl (C=O) groups is 1. The topological polar surface area (TPSA) is 52.6 Å². The fourth-order valence-electron chi connectivity index (χ4n) is 1.57. The van der Waals surface area contributed by atoms with Gasteiger partial charge in [0, 0.05) is 12.6 Å². The summed E-state index contributed by atoms with van der Waals surface area (Å²) in [6.45, 7) is 1.69. The first-order chi connectivity index (χ1) is 9.11. The second kappa shape index (κ2) is 8.45. The zero-order valence-corrected chi connectivity index (χ0v) is 11.6. The first kappa shape index (κ1) is 15.4. The number of rotatable bonds is 7. The molecule has 0 aliphatic rings. The van der Waals surface area contributed by atoms with E-state index in [0.717, 1.165) is 24.1 Å². The first-order valence-electron chi connectivity index (χ1n) is 6.42. The number of carbonyl (C=O) groups excluding carboxylic acids is 1. The van der Waals surface area contributed by atoms with Crippen LogP contribution in [0.25, 0.3) is 6.08 Å². The van der Waals surface area contributed by atoms with Crippen molar-refractivity contribution in [1.82, 2.24) is 10.2 Å². The van der Waals surface area contributed by atoms with Crippen LogP contribution in [0, 0.1) is 0 Å². The van der Waals surface area contributed by atoms with Gasteiger partial charge in [0.25, 0.3) is 0 Å². The molecule has 4 nitrogen and oxygen atoms in total. The Morgan fingerprint density at radius 1 is 1.32 bits per heavy atom. The average molecular weight is 262 g/mol. The smallest absolute Gasteiger partial charge is 0.243 e. The lowest BCUT2D eigenvalue weighted by Gasteiger charge is -2.08. The van der Waals surface area contributed by atoms with Crippen LogP contribution in [0.15, 0.2) is 30.3 Å². The summed E-state index contributed by atoms with van der Waals surface area (Å²) in [5.74, 6) is -0.0787. The zero-order chi connectivity index (χ0) is 14.1.